The SMILES string of the molecule is COc1ccc(CN)c(N2CCC(C)CC2)c1. The van der Waals surface area contributed by atoms with Gasteiger partial charge in [-0.15, -0.1) is 0 Å². The van der Waals surface area contributed by atoms with E-state index >= 15 is 0 Å². The second kappa shape index (κ2) is 5.41. The van der Waals surface area contributed by atoms with E-state index in [2.05, 4.69) is 24.0 Å². The third kappa shape index (κ3) is 2.72. The molecule has 94 valence electrons. The lowest BCUT2D eigenvalue weighted by Gasteiger charge is -2.33. The maximum Gasteiger partial charge on any atom is 0.120 e. The van der Waals surface area contributed by atoms with Gasteiger partial charge in [0, 0.05) is 31.4 Å². The summed E-state index contributed by atoms with van der Waals surface area (Å²) in [7, 11) is 1.71. The molecule has 1 saturated heterocycles. The zero-order valence-corrected chi connectivity index (χ0v) is 10.8. The predicted molar refractivity (Wildman–Crippen MR) is 71.5 cm³/mol. The highest BCUT2D eigenvalue weighted by molar-refractivity contribution is 5.57. The lowest BCUT2D eigenvalue weighted by Crippen LogP contribution is -2.33. The van der Waals surface area contributed by atoms with Crippen LogP contribution >= 0.6 is 0 Å². The Bertz CT molecular complexity index is 370. The molecule has 1 fully saturated rings. The molecule has 1 aromatic carbocycles. The quantitative estimate of drug-likeness (QED) is 0.872. The summed E-state index contributed by atoms with van der Waals surface area (Å²) in [4.78, 5) is 2.44. The largest absolute Gasteiger partial charge is 0.497 e. The van der Waals surface area contributed by atoms with E-state index in [0.29, 0.717) is 6.54 Å². The molecule has 17 heavy (non-hydrogen) atoms. The van der Waals surface area contributed by atoms with E-state index in [-0.39, 0.29) is 0 Å². The summed E-state index contributed by atoms with van der Waals surface area (Å²) < 4.78 is 5.30. The molecule has 0 saturated carbocycles. The molecular formula is C14H22N2O. The first-order chi connectivity index (χ1) is 8.24. The van der Waals surface area contributed by atoms with Gasteiger partial charge in [0.2, 0.25) is 0 Å². The van der Waals surface area contributed by atoms with Crippen LogP contribution in [0.25, 0.3) is 0 Å². The van der Waals surface area contributed by atoms with Gasteiger partial charge in [-0.1, -0.05) is 13.0 Å². The van der Waals surface area contributed by atoms with E-state index in [0.717, 1.165) is 24.8 Å². The first-order valence-electron chi connectivity index (χ1n) is 6.36. The third-order valence-corrected chi connectivity index (χ3v) is 3.64. The number of hydrogen-bond acceptors (Lipinski definition) is 3. The molecule has 0 radical (unpaired) electrons. The number of rotatable bonds is 3. The second-order valence-corrected chi connectivity index (χ2v) is 4.87. The normalized spacial score (nSPS) is 17.2. The average Bonchev–Trinajstić information content (AvgIpc) is 2.39. The van der Waals surface area contributed by atoms with Gasteiger partial charge in [0.1, 0.15) is 5.75 Å². The summed E-state index contributed by atoms with van der Waals surface area (Å²) in [6.07, 6.45) is 2.53. The van der Waals surface area contributed by atoms with Crippen molar-refractivity contribution >= 4 is 5.69 Å². The molecule has 0 bridgehead atoms. The molecule has 0 atom stereocenters. The molecule has 1 aromatic rings. The highest BCUT2D eigenvalue weighted by Crippen LogP contribution is 2.29. The summed E-state index contributed by atoms with van der Waals surface area (Å²) in [6, 6.07) is 6.17. The number of hydrogen-bond donors (Lipinski definition) is 1. The second-order valence-electron chi connectivity index (χ2n) is 4.87. The van der Waals surface area contributed by atoms with Gasteiger partial charge in [-0.2, -0.15) is 0 Å². The first-order valence-corrected chi connectivity index (χ1v) is 6.36. The van der Waals surface area contributed by atoms with Gasteiger partial charge in [-0.3, -0.25) is 0 Å². The molecule has 0 aliphatic carbocycles. The van der Waals surface area contributed by atoms with Crippen molar-refractivity contribution in [2.24, 2.45) is 11.7 Å². The van der Waals surface area contributed by atoms with Crippen molar-refractivity contribution in [1.82, 2.24) is 0 Å². The Morgan fingerprint density at radius 3 is 2.65 bits per heavy atom. The lowest BCUT2D eigenvalue weighted by atomic mass is 9.98. The monoisotopic (exact) mass is 234 g/mol. The van der Waals surface area contributed by atoms with Crippen LogP contribution in [0.5, 0.6) is 5.75 Å². The number of ether oxygens (including phenoxy) is 1. The van der Waals surface area contributed by atoms with E-state index in [1.807, 2.05) is 6.07 Å². The minimum absolute atomic E-state index is 0.589. The van der Waals surface area contributed by atoms with Crippen molar-refractivity contribution < 1.29 is 4.74 Å². The number of nitrogens with two attached hydrogens (primary N) is 1. The topological polar surface area (TPSA) is 38.5 Å². The maximum atomic E-state index is 5.81. The molecule has 0 amide bonds. The zero-order valence-electron chi connectivity index (χ0n) is 10.8. The van der Waals surface area contributed by atoms with Crippen LogP contribution in [0.15, 0.2) is 18.2 Å². The number of anilines is 1. The van der Waals surface area contributed by atoms with Gasteiger partial charge in [0.15, 0.2) is 0 Å². The molecule has 0 spiro atoms. The van der Waals surface area contributed by atoms with E-state index in [1.165, 1.54) is 24.1 Å². The summed E-state index contributed by atoms with van der Waals surface area (Å²) in [5.41, 5.74) is 8.27. The summed E-state index contributed by atoms with van der Waals surface area (Å²) in [5.74, 6) is 1.76. The van der Waals surface area contributed by atoms with Crippen molar-refractivity contribution in [2.75, 3.05) is 25.1 Å². The van der Waals surface area contributed by atoms with Gasteiger partial charge in [-0.05, 0) is 30.4 Å². The Labute approximate surface area is 104 Å². The number of benzene rings is 1. The third-order valence-electron chi connectivity index (χ3n) is 3.64. The minimum Gasteiger partial charge on any atom is -0.497 e. The smallest absolute Gasteiger partial charge is 0.120 e. The molecule has 2 N–H and O–H groups in total. The van der Waals surface area contributed by atoms with Crippen LogP contribution in [0.2, 0.25) is 0 Å². The van der Waals surface area contributed by atoms with Crippen molar-refractivity contribution in [1.29, 1.82) is 0 Å². The lowest BCUT2D eigenvalue weighted by molar-refractivity contribution is 0.413. The maximum absolute atomic E-state index is 5.81. The van der Waals surface area contributed by atoms with Crippen LogP contribution < -0.4 is 15.4 Å². The average molecular weight is 234 g/mol. The highest BCUT2D eigenvalue weighted by atomic mass is 16.5. The number of nitrogens with zero attached hydrogens (tertiary/aromatic N) is 1. The molecule has 3 heteroatoms. The Morgan fingerprint density at radius 2 is 2.06 bits per heavy atom. The minimum atomic E-state index is 0.589. The first kappa shape index (κ1) is 12.2. The van der Waals surface area contributed by atoms with Crippen molar-refractivity contribution in [3.63, 3.8) is 0 Å². The van der Waals surface area contributed by atoms with E-state index in [4.69, 9.17) is 10.5 Å². The van der Waals surface area contributed by atoms with Crippen LogP contribution in [0, 0.1) is 5.92 Å². The molecule has 0 unspecified atom stereocenters. The van der Waals surface area contributed by atoms with E-state index in [1.54, 1.807) is 7.11 Å². The Morgan fingerprint density at radius 1 is 1.35 bits per heavy atom. The Hall–Kier alpha value is -1.22. The molecule has 3 nitrogen and oxygen atoms in total. The molecule has 1 aliphatic heterocycles. The van der Waals surface area contributed by atoms with Crippen LogP contribution in [-0.4, -0.2) is 20.2 Å². The Balaban J connectivity index is 2.23. The summed E-state index contributed by atoms with van der Waals surface area (Å²) >= 11 is 0. The molecule has 1 aliphatic rings. The summed E-state index contributed by atoms with van der Waals surface area (Å²) in [6.45, 7) is 5.17. The van der Waals surface area contributed by atoms with Gasteiger partial charge in [-0.25, -0.2) is 0 Å². The van der Waals surface area contributed by atoms with Gasteiger partial charge >= 0.3 is 0 Å². The fraction of sp³-hybridized carbons (Fsp3) is 0.571. The van der Waals surface area contributed by atoms with E-state index < -0.39 is 0 Å². The molecule has 2 rings (SSSR count). The van der Waals surface area contributed by atoms with Crippen molar-refractivity contribution in [3.05, 3.63) is 23.8 Å². The molecule has 0 aromatic heterocycles. The fourth-order valence-electron chi connectivity index (χ4n) is 2.39. The zero-order chi connectivity index (χ0) is 12.3. The van der Waals surface area contributed by atoms with Crippen LogP contribution in [0.1, 0.15) is 25.3 Å². The van der Waals surface area contributed by atoms with Gasteiger partial charge in [0.25, 0.3) is 0 Å². The number of piperidine rings is 1. The van der Waals surface area contributed by atoms with Crippen LogP contribution in [0.3, 0.4) is 0 Å². The summed E-state index contributed by atoms with van der Waals surface area (Å²) in [5, 5.41) is 0. The Kier molecular flexibility index (Phi) is 3.89. The van der Waals surface area contributed by atoms with Crippen molar-refractivity contribution in [2.45, 2.75) is 26.3 Å². The number of methoxy groups -OCH3 is 1. The molecular weight excluding hydrogens is 212 g/mol. The van der Waals surface area contributed by atoms with Crippen molar-refractivity contribution in [3.8, 4) is 5.75 Å². The van der Waals surface area contributed by atoms with E-state index in [9.17, 15) is 0 Å². The van der Waals surface area contributed by atoms with Gasteiger partial charge < -0.3 is 15.4 Å². The fourth-order valence-corrected chi connectivity index (χ4v) is 2.39. The molecule has 1 heterocycles. The standard InChI is InChI=1S/C14H22N2O/c1-11-5-7-16(8-6-11)14-9-13(17-2)4-3-12(14)10-15/h3-4,9,11H,5-8,10,15H2,1-2H3. The highest BCUT2D eigenvalue weighted by Gasteiger charge is 2.18. The predicted octanol–water partition coefficient (Wildman–Crippen LogP) is 2.39. The van der Waals surface area contributed by atoms with Crippen LogP contribution in [0.4, 0.5) is 5.69 Å². The van der Waals surface area contributed by atoms with Crippen LogP contribution in [-0.2, 0) is 6.54 Å². The van der Waals surface area contributed by atoms with Gasteiger partial charge in [0.05, 0.1) is 7.11 Å².